The fraction of sp³-hybridized carbons (Fsp3) is 0.357. The smallest absolute Gasteiger partial charge is 0.294 e. The molecule has 0 unspecified atom stereocenters. The minimum atomic E-state index is -4.55. The van der Waals surface area contributed by atoms with Crippen molar-refractivity contribution < 1.29 is 17.6 Å². The van der Waals surface area contributed by atoms with Crippen LogP contribution in [0.15, 0.2) is 18.5 Å². The predicted molar refractivity (Wildman–Crippen MR) is 74.1 cm³/mol. The van der Waals surface area contributed by atoms with Crippen molar-refractivity contribution in [3.63, 3.8) is 0 Å². The summed E-state index contributed by atoms with van der Waals surface area (Å²) in [7, 11) is 0. The van der Waals surface area contributed by atoms with Crippen LogP contribution in [0.4, 0.5) is 17.6 Å². The van der Waals surface area contributed by atoms with Gasteiger partial charge < -0.3 is 0 Å². The van der Waals surface area contributed by atoms with Gasteiger partial charge in [0.15, 0.2) is 0 Å². The summed E-state index contributed by atoms with van der Waals surface area (Å²) in [4.78, 5) is 12.6. The first-order valence-corrected chi connectivity index (χ1v) is 7.15. The molecule has 122 valence electrons. The van der Waals surface area contributed by atoms with E-state index in [0.29, 0.717) is 42.9 Å². The number of alkyl halides is 3. The Morgan fingerprint density at radius 2 is 2.00 bits per heavy atom. The van der Waals surface area contributed by atoms with Gasteiger partial charge in [-0.05, 0) is 6.07 Å². The molecule has 1 aliphatic rings. The van der Waals surface area contributed by atoms with E-state index in [1.165, 1.54) is 12.3 Å². The topological polar surface area (TPSA) is 41.9 Å². The number of nitrogens with zero attached hydrogens (tertiary/aromatic N) is 4. The number of hydrogen-bond acceptors (Lipinski definition) is 4. The SMILES string of the molecule is Fc1cnc(Cl)c(CN2CCc3nc(C(F)(F)F)ncc3C2)c1. The fourth-order valence-corrected chi connectivity index (χ4v) is 2.63. The molecule has 4 nitrogen and oxygen atoms in total. The van der Waals surface area contributed by atoms with Gasteiger partial charge in [-0.2, -0.15) is 13.2 Å². The standard InChI is InChI=1S/C14H11ClF4N4/c15-12-8(3-10(16)5-20-12)6-23-2-1-11-9(7-23)4-21-13(22-11)14(17,18)19/h3-5H,1-2,6-7H2. The molecule has 0 atom stereocenters. The van der Waals surface area contributed by atoms with Crippen LogP contribution in [0.25, 0.3) is 0 Å². The average Bonchev–Trinajstić information content (AvgIpc) is 2.49. The van der Waals surface area contributed by atoms with E-state index in [4.69, 9.17) is 11.6 Å². The molecule has 3 heterocycles. The lowest BCUT2D eigenvalue weighted by Crippen LogP contribution is -2.31. The van der Waals surface area contributed by atoms with Gasteiger partial charge in [0.25, 0.3) is 0 Å². The summed E-state index contributed by atoms with van der Waals surface area (Å²) >= 11 is 5.93. The Bertz CT molecular complexity index is 735. The maximum atomic E-state index is 13.2. The van der Waals surface area contributed by atoms with Gasteiger partial charge in [-0.1, -0.05) is 11.6 Å². The monoisotopic (exact) mass is 346 g/mol. The Labute approximate surface area is 134 Å². The zero-order chi connectivity index (χ0) is 16.6. The highest BCUT2D eigenvalue weighted by Crippen LogP contribution is 2.28. The van der Waals surface area contributed by atoms with Crippen LogP contribution in [-0.4, -0.2) is 26.4 Å². The molecule has 0 fully saturated rings. The van der Waals surface area contributed by atoms with E-state index < -0.39 is 17.8 Å². The fourth-order valence-electron chi connectivity index (χ4n) is 2.46. The van der Waals surface area contributed by atoms with Crippen molar-refractivity contribution in [2.45, 2.75) is 25.7 Å². The largest absolute Gasteiger partial charge is 0.451 e. The molecule has 0 saturated heterocycles. The predicted octanol–water partition coefficient (Wildman–Crippen LogP) is 3.24. The molecule has 0 N–H and O–H groups in total. The van der Waals surface area contributed by atoms with Crippen LogP contribution in [0.3, 0.4) is 0 Å². The summed E-state index contributed by atoms with van der Waals surface area (Å²) in [6.07, 6.45) is -1.96. The number of hydrogen-bond donors (Lipinski definition) is 0. The Morgan fingerprint density at radius 3 is 2.74 bits per heavy atom. The molecule has 0 saturated carbocycles. The van der Waals surface area contributed by atoms with E-state index in [2.05, 4.69) is 15.0 Å². The van der Waals surface area contributed by atoms with Crippen LogP contribution in [0.1, 0.15) is 22.6 Å². The highest BCUT2D eigenvalue weighted by Gasteiger charge is 2.35. The van der Waals surface area contributed by atoms with Crippen molar-refractivity contribution in [1.82, 2.24) is 19.9 Å². The Hall–Kier alpha value is -1.80. The zero-order valence-corrected chi connectivity index (χ0v) is 12.5. The molecule has 0 radical (unpaired) electrons. The van der Waals surface area contributed by atoms with E-state index in [1.54, 1.807) is 0 Å². The van der Waals surface area contributed by atoms with Crippen LogP contribution >= 0.6 is 11.6 Å². The lowest BCUT2D eigenvalue weighted by Gasteiger charge is -2.28. The van der Waals surface area contributed by atoms with E-state index in [-0.39, 0.29) is 5.15 Å². The molecule has 0 amide bonds. The lowest BCUT2D eigenvalue weighted by atomic mass is 10.1. The van der Waals surface area contributed by atoms with E-state index in [9.17, 15) is 17.6 Å². The molecule has 3 rings (SSSR count). The number of rotatable bonds is 2. The number of fused-ring (bicyclic) bond motifs is 1. The summed E-state index contributed by atoms with van der Waals surface area (Å²) in [6.45, 7) is 1.22. The van der Waals surface area contributed by atoms with E-state index >= 15 is 0 Å². The first-order chi connectivity index (χ1) is 10.8. The summed E-state index contributed by atoms with van der Waals surface area (Å²) in [5, 5.41) is 0.209. The Kier molecular flexibility index (Phi) is 4.20. The van der Waals surface area contributed by atoms with Crippen molar-refractivity contribution in [1.29, 1.82) is 0 Å². The van der Waals surface area contributed by atoms with Gasteiger partial charge in [0.2, 0.25) is 5.82 Å². The van der Waals surface area contributed by atoms with Crippen LogP contribution in [-0.2, 0) is 25.7 Å². The van der Waals surface area contributed by atoms with Crippen molar-refractivity contribution in [3.8, 4) is 0 Å². The normalized spacial score (nSPS) is 15.5. The number of halogens is 5. The molecule has 0 bridgehead atoms. The average molecular weight is 347 g/mol. The number of pyridine rings is 1. The van der Waals surface area contributed by atoms with Crippen molar-refractivity contribution in [2.24, 2.45) is 0 Å². The second kappa shape index (κ2) is 6.01. The molecular weight excluding hydrogens is 336 g/mol. The molecular formula is C14H11ClF4N4. The second-order valence-electron chi connectivity index (χ2n) is 5.23. The first kappa shape index (κ1) is 16.1. The Morgan fingerprint density at radius 1 is 1.22 bits per heavy atom. The van der Waals surface area contributed by atoms with Gasteiger partial charge in [-0.15, -0.1) is 0 Å². The van der Waals surface area contributed by atoms with Crippen LogP contribution < -0.4 is 0 Å². The first-order valence-electron chi connectivity index (χ1n) is 6.77. The van der Waals surface area contributed by atoms with Crippen LogP contribution in [0.2, 0.25) is 5.15 Å². The van der Waals surface area contributed by atoms with Crippen LogP contribution in [0, 0.1) is 5.82 Å². The molecule has 2 aromatic rings. The molecule has 0 aromatic carbocycles. The van der Waals surface area contributed by atoms with Gasteiger partial charge >= 0.3 is 6.18 Å². The van der Waals surface area contributed by atoms with E-state index in [0.717, 1.165) is 6.20 Å². The minimum absolute atomic E-state index is 0.209. The molecule has 2 aromatic heterocycles. The second-order valence-corrected chi connectivity index (χ2v) is 5.59. The molecule has 0 spiro atoms. The summed E-state index contributed by atoms with van der Waals surface area (Å²) in [5.41, 5.74) is 1.56. The highest BCUT2D eigenvalue weighted by atomic mass is 35.5. The van der Waals surface area contributed by atoms with Gasteiger partial charge in [0, 0.05) is 43.4 Å². The zero-order valence-electron chi connectivity index (χ0n) is 11.7. The number of aromatic nitrogens is 3. The van der Waals surface area contributed by atoms with Gasteiger partial charge in [0.1, 0.15) is 11.0 Å². The maximum Gasteiger partial charge on any atom is 0.451 e. The lowest BCUT2D eigenvalue weighted by molar-refractivity contribution is -0.145. The van der Waals surface area contributed by atoms with Crippen LogP contribution in [0.5, 0.6) is 0 Å². The molecule has 1 aliphatic heterocycles. The quantitative estimate of drug-likeness (QED) is 0.618. The van der Waals surface area contributed by atoms with Gasteiger partial charge in [-0.3, -0.25) is 4.90 Å². The van der Waals surface area contributed by atoms with Crippen molar-refractivity contribution in [3.05, 3.63) is 52.1 Å². The summed E-state index contributed by atoms with van der Waals surface area (Å²) < 4.78 is 51.1. The summed E-state index contributed by atoms with van der Waals surface area (Å²) in [5.74, 6) is -1.61. The maximum absolute atomic E-state index is 13.2. The summed E-state index contributed by atoms with van der Waals surface area (Å²) in [6, 6.07) is 1.30. The molecule has 0 aliphatic carbocycles. The third-order valence-electron chi connectivity index (χ3n) is 3.54. The highest BCUT2D eigenvalue weighted by molar-refractivity contribution is 6.30. The van der Waals surface area contributed by atoms with Gasteiger partial charge in [-0.25, -0.2) is 19.3 Å². The minimum Gasteiger partial charge on any atom is -0.294 e. The third-order valence-corrected chi connectivity index (χ3v) is 3.88. The van der Waals surface area contributed by atoms with E-state index in [1.807, 2.05) is 4.90 Å². The third kappa shape index (κ3) is 3.59. The van der Waals surface area contributed by atoms with Gasteiger partial charge in [0.05, 0.1) is 11.9 Å². The van der Waals surface area contributed by atoms with Crippen molar-refractivity contribution in [2.75, 3.05) is 6.54 Å². The molecule has 9 heteroatoms. The van der Waals surface area contributed by atoms with Crippen molar-refractivity contribution >= 4 is 11.6 Å². The Balaban J connectivity index is 1.77. The molecule has 23 heavy (non-hydrogen) atoms.